The molecule has 0 radical (unpaired) electrons. The van der Waals surface area contributed by atoms with E-state index in [1.807, 2.05) is 0 Å². The molecule has 15 heavy (non-hydrogen) atoms. The van der Waals surface area contributed by atoms with Crippen LogP contribution in [0.15, 0.2) is 24.3 Å². The fourth-order valence-electron chi connectivity index (χ4n) is 3.10. The molecule has 1 aromatic carbocycles. The second-order valence-corrected chi connectivity index (χ2v) is 4.73. The summed E-state index contributed by atoms with van der Waals surface area (Å²) in [5.41, 5.74) is 4.57. The van der Waals surface area contributed by atoms with Crippen molar-refractivity contribution in [2.45, 2.75) is 32.1 Å². The lowest BCUT2D eigenvalue weighted by Crippen LogP contribution is -2.09. The standard InChI is InChI=1S/C14H17N/c1-10-6-5-8-12-11-7-3-4-9-13(11)15(2)14(10)12/h3-4,7,9-10H,5-6,8H2,1-2H3. The lowest BCUT2D eigenvalue weighted by Gasteiger charge is -2.20. The van der Waals surface area contributed by atoms with Gasteiger partial charge in [0.05, 0.1) is 0 Å². The average Bonchev–Trinajstić information content (AvgIpc) is 2.55. The molecule has 1 unspecified atom stereocenters. The van der Waals surface area contributed by atoms with Gasteiger partial charge in [0.1, 0.15) is 0 Å². The molecular weight excluding hydrogens is 182 g/mol. The highest BCUT2D eigenvalue weighted by Crippen LogP contribution is 2.37. The summed E-state index contributed by atoms with van der Waals surface area (Å²) in [5.74, 6) is 0.728. The van der Waals surface area contributed by atoms with Crippen LogP contribution in [0.25, 0.3) is 10.9 Å². The summed E-state index contributed by atoms with van der Waals surface area (Å²) >= 11 is 0. The maximum atomic E-state index is 2.40. The first-order valence-electron chi connectivity index (χ1n) is 5.85. The minimum Gasteiger partial charge on any atom is -0.347 e. The molecule has 0 N–H and O–H groups in total. The first-order valence-corrected chi connectivity index (χ1v) is 5.85. The van der Waals surface area contributed by atoms with E-state index >= 15 is 0 Å². The Kier molecular flexibility index (Phi) is 1.88. The molecule has 0 spiro atoms. The third-order valence-electron chi connectivity index (χ3n) is 3.79. The summed E-state index contributed by atoms with van der Waals surface area (Å²) in [6.45, 7) is 2.36. The molecule has 1 aliphatic carbocycles. The molecule has 0 saturated carbocycles. The minimum absolute atomic E-state index is 0.728. The summed E-state index contributed by atoms with van der Waals surface area (Å²) in [5, 5.41) is 1.47. The van der Waals surface area contributed by atoms with E-state index < -0.39 is 0 Å². The van der Waals surface area contributed by atoms with Gasteiger partial charge in [0, 0.05) is 23.6 Å². The van der Waals surface area contributed by atoms with Crippen LogP contribution in [0.1, 0.15) is 36.9 Å². The molecule has 78 valence electrons. The van der Waals surface area contributed by atoms with Gasteiger partial charge in [0.15, 0.2) is 0 Å². The zero-order valence-corrected chi connectivity index (χ0v) is 9.46. The predicted octanol–water partition coefficient (Wildman–Crippen LogP) is 3.62. The monoisotopic (exact) mass is 199 g/mol. The van der Waals surface area contributed by atoms with Gasteiger partial charge in [-0.05, 0) is 36.8 Å². The first kappa shape index (κ1) is 9.02. The Morgan fingerprint density at radius 2 is 2.07 bits per heavy atom. The number of nitrogens with zero attached hydrogens (tertiary/aromatic N) is 1. The van der Waals surface area contributed by atoms with Crippen molar-refractivity contribution in [3.8, 4) is 0 Å². The molecule has 0 saturated heterocycles. The van der Waals surface area contributed by atoms with Crippen molar-refractivity contribution in [3.05, 3.63) is 35.5 Å². The molecule has 1 aromatic heterocycles. The molecule has 1 nitrogen and oxygen atoms in total. The van der Waals surface area contributed by atoms with E-state index in [9.17, 15) is 0 Å². The van der Waals surface area contributed by atoms with E-state index in [0.717, 1.165) is 5.92 Å². The van der Waals surface area contributed by atoms with Crippen molar-refractivity contribution in [1.29, 1.82) is 0 Å². The summed E-state index contributed by atoms with van der Waals surface area (Å²) in [6, 6.07) is 8.80. The van der Waals surface area contributed by atoms with E-state index in [0.29, 0.717) is 0 Å². The molecule has 1 atom stereocenters. The van der Waals surface area contributed by atoms with Crippen LogP contribution in [-0.2, 0) is 13.5 Å². The van der Waals surface area contributed by atoms with Gasteiger partial charge in [-0.3, -0.25) is 0 Å². The highest BCUT2D eigenvalue weighted by molar-refractivity contribution is 5.86. The quantitative estimate of drug-likeness (QED) is 0.610. The van der Waals surface area contributed by atoms with Crippen LogP contribution in [0.2, 0.25) is 0 Å². The number of fused-ring (bicyclic) bond motifs is 3. The Bertz CT molecular complexity index is 507. The van der Waals surface area contributed by atoms with Gasteiger partial charge in [-0.25, -0.2) is 0 Å². The Balaban J connectivity index is 2.40. The summed E-state index contributed by atoms with van der Waals surface area (Å²) in [4.78, 5) is 0. The van der Waals surface area contributed by atoms with Crippen molar-refractivity contribution < 1.29 is 0 Å². The van der Waals surface area contributed by atoms with Crippen LogP contribution < -0.4 is 0 Å². The van der Waals surface area contributed by atoms with Crippen LogP contribution in [0, 0.1) is 0 Å². The van der Waals surface area contributed by atoms with Crippen LogP contribution in [0.3, 0.4) is 0 Å². The van der Waals surface area contributed by atoms with Gasteiger partial charge in [-0.1, -0.05) is 25.1 Å². The second-order valence-electron chi connectivity index (χ2n) is 4.73. The van der Waals surface area contributed by atoms with Gasteiger partial charge in [0.25, 0.3) is 0 Å². The van der Waals surface area contributed by atoms with Crippen molar-refractivity contribution >= 4 is 10.9 Å². The van der Waals surface area contributed by atoms with E-state index in [2.05, 4.69) is 42.8 Å². The predicted molar refractivity (Wildman–Crippen MR) is 64.3 cm³/mol. The van der Waals surface area contributed by atoms with Crippen molar-refractivity contribution in [1.82, 2.24) is 4.57 Å². The van der Waals surface area contributed by atoms with Crippen LogP contribution in [-0.4, -0.2) is 4.57 Å². The molecule has 1 heterocycles. The van der Waals surface area contributed by atoms with E-state index in [1.54, 1.807) is 11.3 Å². The van der Waals surface area contributed by atoms with Crippen LogP contribution in [0.5, 0.6) is 0 Å². The van der Waals surface area contributed by atoms with Gasteiger partial charge in [0.2, 0.25) is 0 Å². The normalized spacial score (nSPS) is 20.5. The molecular formula is C14H17N. The Hall–Kier alpha value is -1.24. The van der Waals surface area contributed by atoms with Crippen molar-refractivity contribution in [3.63, 3.8) is 0 Å². The average molecular weight is 199 g/mol. The lowest BCUT2D eigenvalue weighted by atomic mass is 9.88. The van der Waals surface area contributed by atoms with E-state index in [1.165, 1.54) is 30.2 Å². The zero-order chi connectivity index (χ0) is 10.4. The van der Waals surface area contributed by atoms with Crippen LogP contribution >= 0.6 is 0 Å². The minimum atomic E-state index is 0.728. The molecule has 2 aromatic rings. The number of para-hydroxylation sites is 1. The molecule has 1 heteroatoms. The fraction of sp³-hybridized carbons (Fsp3) is 0.429. The molecule has 1 aliphatic rings. The van der Waals surface area contributed by atoms with E-state index in [4.69, 9.17) is 0 Å². The number of benzene rings is 1. The Labute approximate surface area is 90.7 Å². The van der Waals surface area contributed by atoms with Gasteiger partial charge >= 0.3 is 0 Å². The number of aryl methyl sites for hydroxylation is 2. The summed E-state index contributed by atoms with van der Waals surface area (Å²) in [7, 11) is 2.21. The highest BCUT2D eigenvalue weighted by Gasteiger charge is 2.22. The molecule has 0 amide bonds. The molecule has 0 bridgehead atoms. The van der Waals surface area contributed by atoms with Gasteiger partial charge in [-0.2, -0.15) is 0 Å². The Morgan fingerprint density at radius 3 is 2.93 bits per heavy atom. The maximum Gasteiger partial charge on any atom is 0.0482 e. The van der Waals surface area contributed by atoms with E-state index in [-0.39, 0.29) is 0 Å². The topological polar surface area (TPSA) is 4.93 Å². The molecule has 3 rings (SSSR count). The van der Waals surface area contributed by atoms with Crippen LogP contribution in [0.4, 0.5) is 0 Å². The third kappa shape index (κ3) is 1.16. The lowest BCUT2D eigenvalue weighted by molar-refractivity contribution is 0.561. The number of rotatable bonds is 0. The fourth-order valence-corrected chi connectivity index (χ4v) is 3.10. The number of hydrogen-bond donors (Lipinski definition) is 0. The van der Waals surface area contributed by atoms with Gasteiger partial charge < -0.3 is 4.57 Å². The second kappa shape index (κ2) is 3.13. The van der Waals surface area contributed by atoms with Crippen molar-refractivity contribution in [2.24, 2.45) is 7.05 Å². The molecule has 0 aliphatic heterocycles. The smallest absolute Gasteiger partial charge is 0.0482 e. The van der Waals surface area contributed by atoms with Gasteiger partial charge in [-0.15, -0.1) is 0 Å². The third-order valence-corrected chi connectivity index (χ3v) is 3.79. The maximum absolute atomic E-state index is 2.40. The number of aromatic nitrogens is 1. The summed E-state index contributed by atoms with van der Waals surface area (Å²) in [6.07, 6.45) is 3.96. The first-order chi connectivity index (χ1) is 7.29. The SMILES string of the molecule is CC1CCCc2c1n(C)c1ccccc21. The number of hydrogen-bond acceptors (Lipinski definition) is 0. The van der Waals surface area contributed by atoms with Crippen molar-refractivity contribution in [2.75, 3.05) is 0 Å². The largest absolute Gasteiger partial charge is 0.347 e. The zero-order valence-electron chi connectivity index (χ0n) is 9.46. The summed E-state index contributed by atoms with van der Waals surface area (Å²) < 4.78 is 2.40. The Morgan fingerprint density at radius 1 is 1.27 bits per heavy atom. The molecule has 0 fully saturated rings. The highest BCUT2D eigenvalue weighted by atomic mass is 15.0.